The lowest BCUT2D eigenvalue weighted by Crippen LogP contribution is -2.18. The van der Waals surface area contributed by atoms with Gasteiger partial charge in [0.2, 0.25) is 5.82 Å². The predicted molar refractivity (Wildman–Crippen MR) is 58.5 cm³/mol. The zero-order valence-corrected chi connectivity index (χ0v) is 10.7. The molecule has 0 aliphatic rings. The minimum atomic E-state index is -4.83. The summed E-state index contributed by atoms with van der Waals surface area (Å²) in [5.74, 6) is -3.19. The monoisotopic (exact) mass is 292 g/mol. The molecule has 0 atom stereocenters. The highest BCUT2D eigenvalue weighted by molar-refractivity contribution is 5.87. The number of ether oxygens (including phenoxy) is 2. The number of hydrogen-bond acceptors (Lipinski definition) is 6. The second-order valence-electron chi connectivity index (χ2n) is 3.57. The number of rotatable bonds is 4. The second-order valence-corrected chi connectivity index (χ2v) is 3.57. The topological polar surface area (TPSA) is 78.4 Å². The van der Waals surface area contributed by atoms with Crippen molar-refractivity contribution in [2.45, 2.75) is 26.6 Å². The van der Waals surface area contributed by atoms with Gasteiger partial charge in [0.25, 0.3) is 0 Å². The van der Waals surface area contributed by atoms with Crippen LogP contribution < -0.4 is 0 Å². The molecule has 0 amide bonds. The first kappa shape index (κ1) is 15.9. The molecule has 1 aromatic heterocycles. The summed E-state index contributed by atoms with van der Waals surface area (Å²) >= 11 is 0. The molecule has 0 aromatic carbocycles. The molecule has 0 spiro atoms. The van der Waals surface area contributed by atoms with Gasteiger partial charge >= 0.3 is 18.1 Å². The van der Waals surface area contributed by atoms with Crippen LogP contribution in [0.5, 0.6) is 0 Å². The highest BCUT2D eigenvalue weighted by Crippen LogP contribution is 2.26. The Bertz CT molecular complexity index is 517. The molecule has 0 unspecified atom stereocenters. The van der Waals surface area contributed by atoms with E-state index in [0.29, 0.717) is 0 Å². The summed E-state index contributed by atoms with van der Waals surface area (Å²) in [6, 6.07) is 0.982. The fourth-order valence-corrected chi connectivity index (χ4v) is 1.18. The van der Waals surface area contributed by atoms with Crippen LogP contribution in [0.4, 0.5) is 13.2 Å². The lowest BCUT2D eigenvalue weighted by Gasteiger charge is -2.09. The maximum absolute atomic E-state index is 12.6. The van der Waals surface area contributed by atoms with Crippen LogP contribution >= 0.6 is 0 Å². The maximum Gasteiger partial charge on any atom is 0.451 e. The molecule has 0 radical (unpaired) electrons. The van der Waals surface area contributed by atoms with Crippen LogP contribution in [0.25, 0.3) is 0 Å². The van der Waals surface area contributed by atoms with Crippen LogP contribution in [0.2, 0.25) is 0 Å². The lowest BCUT2D eigenvalue weighted by molar-refractivity contribution is -0.145. The Kier molecular flexibility index (Phi) is 5.00. The fraction of sp³-hybridized carbons (Fsp3) is 0.455. The van der Waals surface area contributed by atoms with E-state index in [1.165, 1.54) is 6.92 Å². The van der Waals surface area contributed by atoms with Gasteiger partial charge < -0.3 is 9.47 Å². The van der Waals surface area contributed by atoms with E-state index < -0.39 is 36.2 Å². The standard InChI is InChI=1S/C11H11F3N2O4/c1-3-19-9(18)8-4-7(5-20-6(2)17)15-10(16-8)11(12,13)14/h4H,3,5H2,1-2H3. The molecule has 0 bridgehead atoms. The van der Waals surface area contributed by atoms with E-state index in [0.717, 1.165) is 13.0 Å². The van der Waals surface area contributed by atoms with E-state index >= 15 is 0 Å². The predicted octanol–water partition coefficient (Wildman–Crippen LogP) is 1.74. The zero-order chi connectivity index (χ0) is 15.3. The average Bonchev–Trinajstić information content (AvgIpc) is 2.35. The normalized spacial score (nSPS) is 11.1. The van der Waals surface area contributed by atoms with Crippen molar-refractivity contribution in [3.8, 4) is 0 Å². The first-order valence-corrected chi connectivity index (χ1v) is 5.49. The van der Waals surface area contributed by atoms with Gasteiger partial charge in [0.15, 0.2) is 5.69 Å². The van der Waals surface area contributed by atoms with Gasteiger partial charge in [-0.2, -0.15) is 13.2 Å². The Labute approximate surface area is 111 Å². The summed E-state index contributed by atoms with van der Waals surface area (Å²) in [6.45, 7) is 2.10. The van der Waals surface area contributed by atoms with Crippen molar-refractivity contribution < 1.29 is 32.2 Å². The van der Waals surface area contributed by atoms with Gasteiger partial charge in [-0.05, 0) is 13.0 Å². The summed E-state index contributed by atoms with van der Waals surface area (Å²) in [4.78, 5) is 28.4. The van der Waals surface area contributed by atoms with Gasteiger partial charge in [0.05, 0.1) is 12.3 Å². The Morgan fingerprint density at radius 3 is 2.40 bits per heavy atom. The summed E-state index contributed by atoms with van der Waals surface area (Å²) in [5.41, 5.74) is -0.790. The summed E-state index contributed by atoms with van der Waals surface area (Å²) in [6.07, 6.45) is -4.83. The van der Waals surface area contributed by atoms with Crippen molar-refractivity contribution in [2.75, 3.05) is 6.61 Å². The second kappa shape index (κ2) is 6.31. The van der Waals surface area contributed by atoms with Crippen molar-refractivity contribution in [3.63, 3.8) is 0 Å². The zero-order valence-electron chi connectivity index (χ0n) is 10.7. The molecule has 1 rings (SSSR count). The highest BCUT2D eigenvalue weighted by Gasteiger charge is 2.36. The van der Waals surface area contributed by atoms with Crippen molar-refractivity contribution in [3.05, 3.63) is 23.3 Å². The number of hydrogen-bond donors (Lipinski definition) is 0. The van der Waals surface area contributed by atoms with Crippen LogP contribution in [-0.4, -0.2) is 28.5 Å². The van der Waals surface area contributed by atoms with E-state index in [1.807, 2.05) is 0 Å². The molecule has 0 aliphatic heterocycles. The van der Waals surface area contributed by atoms with Gasteiger partial charge in [0, 0.05) is 6.92 Å². The highest BCUT2D eigenvalue weighted by atomic mass is 19.4. The van der Waals surface area contributed by atoms with Gasteiger partial charge in [-0.3, -0.25) is 4.79 Å². The number of carbonyl (C=O) groups is 2. The third-order valence-corrected chi connectivity index (χ3v) is 1.94. The number of alkyl halides is 3. The molecule has 0 N–H and O–H groups in total. The first-order valence-electron chi connectivity index (χ1n) is 5.49. The van der Waals surface area contributed by atoms with Crippen LogP contribution in [0, 0.1) is 0 Å². The lowest BCUT2D eigenvalue weighted by atomic mass is 10.3. The molecule has 20 heavy (non-hydrogen) atoms. The largest absolute Gasteiger partial charge is 0.461 e. The molecule has 1 aromatic rings. The minimum Gasteiger partial charge on any atom is -0.461 e. The third kappa shape index (κ3) is 4.48. The molecule has 110 valence electrons. The van der Waals surface area contributed by atoms with E-state index in [2.05, 4.69) is 19.4 Å². The van der Waals surface area contributed by atoms with Gasteiger partial charge in [-0.1, -0.05) is 0 Å². The number of halogens is 3. The Morgan fingerprint density at radius 1 is 1.25 bits per heavy atom. The van der Waals surface area contributed by atoms with Crippen molar-refractivity contribution in [2.24, 2.45) is 0 Å². The molecule has 0 saturated carbocycles. The number of esters is 2. The van der Waals surface area contributed by atoms with Crippen molar-refractivity contribution in [1.82, 2.24) is 9.97 Å². The number of carbonyl (C=O) groups excluding carboxylic acids is 2. The number of aromatic nitrogens is 2. The molecular weight excluding hydrogens is 281 g/mol. The molecule has 0 aliphatic carbocycles. The van der Waals surface area contributed by atoms with E-state index in [-0.39, 0.29) is 12.3 Å². The summed E-state index contributed by atoms with van der Waals surface area (Å²) < 4.78 is 46.9. The Balaban J connectivity index is 3.14. The van der Waals surface area contributed by atoms with E-state index in [9.17, 15) is 22.8 Å². The SMILES string of the molecule is CCOC(=O)c1cc(COC(C)=O)nc(C(F)(F)F)n1. The molecular formula is C11H11F3N2O4. The molecule has 1 heterocycles. The van der Waals surface area contributed by atoms with Gasteiger partial charge in [0.1, 0.15) is 6.61 Å². The first-order chi connectivity index (χ1) is 9.24. The third-order valence-electron chi connectivity index (χ3n) is 1.94. The summed E-state index contributed by atoms with van der Waals surface area (Å²) in [7, 11) is 0. The van der Waals surface area contributed by atoms with Crippen LogP contribution in [0.1, 0.15) is 35.9 Å². The molecule has 6 nitrogen and oxygen atoms in total. The van der Waals surface area contributed by atoms with E-state index in [4.69, 9.17) is 0 Å². The minimum absolute atomic E-state index is 0.0104. The Hall–Kier alpha value is -2.19. The van der Waals surface area contributed by atoms with Gasteiger partial charge in [-0.25, -0.2) is 14.8 Å². The molecule has 0 saturated heterocycles. The summed E-state index contributed by atoms with van der Waals surface area (Å²) in [5, 5.41) is 0. The number of nitrogens with zero attached hydrogens (tertiary/aromatic N) is 2. The molecule has 0 fully saturated rings. The van der Waals surface area contributed by atoms with Crippen molar-refractivity contribution >= 4 is 11.9 Å². The van der Waals surface area contributed by atoms with Crippen LogP contribution in [0.15, 0.2) is 6.07 Å². The van der Waals surface area contributed by atoms with Crippen molar-refractivity contribution in [1.29, 1.82) is 0 Å². The van der Waals surface area contributed by atoms with Crippen LogP contribution in [0.3, 0.4) is 0 Å². The quantitative estimate of drug-likeness (QED) is 0.786. The fourth-order valence-electron chi connectivity index (χ4n) is 1.18. The smallest absolute Gasteiger partial charge is 0.451 e. The average molecular weight is 292 g/mol. The maximum atomic E-state index is 12.6. The van der Waals surface area contributed by atoms with Crippen LogP contribution in [-0.2, 0) is 27.1 Å². The molecule has 9 heteroatoms. The van der Waals surface area contributed by atoms with E-state index in [1.54, 1.807) is 0 Å². The Morgan fingerprint density at radius 2 is 1.90 bits per heavy atom. The van der Waals surface area contributed by atoms with Gasteiger partial charge in [-0.15, -0.1) is 0 Å².